The molecule has 0 spiro atoms. The molecule has 2 rings (SSSR count). The summed E-state index contributed by atoms with van der Waals surface area (Å²) in [4.78, 5) is 25.7. The summed E-state index contributed by atoms with van der Waals surface area (Å²) in [5.74, 6) is -1.12. The first kappa shape index (κ1) is 18.1. The predicted octanol–water partition coefficient (Wildman–Crippen LogP) is 2.88. The van der Waals surface area contributed by atoms with Gasteiger partial charge in [0.15, 0.2) is 0 Å². The van der Waals surface area contributed by atoms with Crippen LogP contribution in [0.2, 0.25) is 0 Å². The standard InChI is InChI=1S/C18H26N2O4/c1-18(2,3)24-17(23)19-15(16(21)22)13-9-11-20(12-10-13)14-7-5-4-6-8-14/h4-8,13,15H,9-12H2,1-3H3,(H,19,23)(H,21,22). The van der Waals surface area contributed by atoms with Crippen LogP contribution in [-0.4, -0.2) is 41.9 Å². The molecule has 132 valence electrons. The first-order valence-corrected chi connectivity index (χ1v) is 8.28. The topological polar surface area (TPSA) is 78.9 Å². The highest BCUT2D eigenvalue weighted by molar-refractivity contribution is 5.80. The van der Waals surface area contributed by atoms with Gasteiger partial charge in [0.25, 0.3) is 0 Å². The minimum Gasteiger partial charge on any atom is -0.480 e. The monoisotopic (exact) mass is 334 g/mol. The predicted molar refractivity (Wildman–Crippen MR) is 92.2 cm³/mol. The summed E-state index contributed by atoms with van der Waals surface area (Å²) in [7, 11) is 0. The van der Waals surface area contributed by atoms with Crippen LogP contribution in [0.4, 0.5) is 10.5 Å². The van der Waals surface area contributed by atoms with Gasteiger partial charge in [0.1, 0.15) is 11.6 Å². The number of nitrogens with zero attached hydrogens (tertiary/aromatic N) is 1. The summed E-state index contributed by atoms with van der Waals surface area (Å²) in [6.45, 7) is 6.80. The zero-order valence-electron chi connectivity index (χ0n) is 14.5. The zero-order chi connectivity index (χ0) is 17.7. The number of rotatable bonds is 4. The molecule has 2 N–H and O–H groups in total. The van der Waals surface area contributed by atoms with Crippen molar-refractivity contribution in [2.45, 2.75) is 45.3 Å². The molecule has 6 nitrogen and oxygen atoms in total. The molecule has 1 amide bonds. The second kappa shape index (κ2) is 7.55. The molecule has 1 aromatic rings. The third-order valence-corrected chi connectivity index (χ3v) is 4.07. The number of alkyl carbamates (subject to hydrolysis) is 1. The van der Waals surface area contributed by atoms with Crippen LogP contribution in [0.3, 0.4) is 0 Å². The van der Waals surface area contributed by atoms with Crippen molar-refractivity contribution in [2.75, 3.05) is 18.0 Å². The molecular weight excluding hydrogens is 308 g/mol. The number of nitrogens with one attached hydrogen (secondary N) is 1. The number of ether oxygens (including phenoxy) is 1. The van der Waals surface area contributed by atoms with Crippen molar-refractivity contribution in [1.82, 2.24) is 5.32 Å². The highest BCUT2D eigenvalue weighted by atomic mass is 16.6. The van der Waals surface area contributed by atoms with E-state index in [-0.39, 0.29) is 5.92 Å². The van der Waals surface area contributed by atoms with Gasteiger partial charge in [-0.05, 0) is 51.7 Å². The van der Waals surface area contributed by atoms with E-state index in [1.165, 1.54) is 0 Å². The molecule has 0 aliphatic carbocycles. The number of carboxylic acid groups (broad SMARTS) is 1. The minimum atomic E-state index is -1.01. The number of hydrogen-bond donors (Lipinski definition) is 2. The Morgan fingerprint density at radius 3 is 2.29 bits per heavy atom. The number of carbonyl (C=O) groups is 2. The molecule has 0 radical (unpaired) electrons. The molecule has 6 heteroatoms. The Balaban J connectivity index is 1.94. The summed E-state index contributed by atoms with van der Waals surface area (Å²) in [6.07, 6.45) is 0.740. The number of para-hydroxylation sites is 1. The Morgan fingerprint density at radius 2 is 1.79 bits per heavy atom. The quantitative estimate of drug-likeness (QED) is 0.885. The smallest absolute Gasteiger partial charge is 0.408 e. The van der Waals surface area contributed by atoms with Gasteiger partial charge in [0.05, 0.1) is 0 Å². The molecule has 0 bridgehead atoms. The number of carboxylic acids is 1. The third-order valence-electron chi connectivity index (χ3n) is 4.07. The highest BCUT2D eigenvalue weighted by Gasteiger charge is 2.33. The molecule has 1 aliphatic heterocycles. The van der Waals surface area contributed by atoms with Crippen molar-refractivity contribution in [2.24, 2.45) is 5.92 Å². The maximum atomic E-state index is 11.9. The van der Waals surface area contributed by atoms with Gasteiger partial charge in [0, 0.05) is 18.8 Å². The fourth-order valence-corrected chi connectivity index (χ4v) is 2.95. The maximum Gasteiger partial charge on any atom is 0.408 e. The van der Waals surface area contributed by atoms with Crippen LogP contribution in [0, 0.1) is 5.92 Å². The van der Waals surface area contributed by atoms with Gasteiger partial charge < -0.3 is 20.1 Å². The Morgan fingerprint density at radius 1 is 1.21 bits per heavy atom. The summed E-state index contributed by atoms with van der Waals surface area (Å²) in [5, 5.41) is 12.0. The fourth-order valence-electron chi connectivity index (χ4n) is 2.95. The second-order valence-corrected chi connectivity index (χ2v) is 7.12. The Labute approximate surface area is 142 Å². The molecule has 1 fully saturated rings. The van der Waals surface area contributed by atoms with Crippen molar-refractivity contribution in [3.05, 3.63) is 30.3 Å². The molecular formula is C18H26N2O4. The van der Waals surface area contributed by atoms with Crippen molar-refractivity contribution in [3.63, 3.8) is 0 Å². The van der Waals surface area contributed by atoms with Crippen LogP contribution < -0.4 is 10.2 Å². The van der Waals surface area contributed by atoms with Crippen LogP contribution in [0.15, 0.2) is 30.3 Å². The van der Waals surface area contributed by atoms with Gasteiger partial charge >= 0.3 is 12.1 Å². The van der Waals surface area contributed by atoms with Gasteiger partial charge in [-0.3, -0.25) is 0 Å². The van der Waals surface area contributed by atoms with E-state index in [4.69, 9.17) is 4.74 Å². The molecule has 1 aliphatic rings. The van der Waals surface area contributed by atoms with Crippen LogP contribution >= 0.6 is 0 Å². The molecule has 1 unspecified atom stereocenters. The van der Waals surface area contributed by atoms with Crippen LogP contribution in [0.1, 0.15) is 33.6 Å². The lowest BCUT2D eigenvalue weighted by molar-refractivity contribution is -0.141. The first-order chi connectivity index (χ1) is 11.3. The van der Waals surface area contributed by atoms with E-state index in [1.807, 2.05) is 30.3 Å². The molecule has 0 saturated carbocycles. The number of amides is 1. The van der Waals surface area contributed by atoms with Crippen molar-refractivity contribution < 1.29 is 19.4 Å². The molecule has 1 heterocycles. The number of benzene rings is 1. The van der Waals surface area contributed by atoms with E-state index in [9.17, 15) is 14.7 Å². The van der Waals surface area contributed by atoms with Crippen molar-refractivity contribution in [3.8, 4) is 0 Å². The fraction of sp³-hybridized carbons (Fsp3) is 0.556. The average Bonchev–Trinajstić information content (AvgIpc) is 2.52. The number of carbonyl (C=O) groups excluding carboxylic acids is 1. The van der Waals surface area contributed by atoms with E-state index in [2.05, 4.69) is 10.2 Å². The number of hydrogen-bond acceptors (Lipinski definition) is 4. The number of anilines is 1. The van der Waals surface area contributed by atoms with E-state index in [0.29, 0.717) is 12.8 Å². The van der Waals surface area contributed by atoms with E-state index < -0.39 is 23.7 Å². The normalized spacial score (nSPS) is 17.2. The van der Waals surface area contributed by atoms with Crippen molar-refractivity contribution in [1.29, 1.82) is 0 Å². The number of piperidine rings is 1. The molecule has 1 aromatic carbocycles. The molecule has 0 aromatic heterocycles. The van der Waals surface area contributed by atoms with E-state index in [0.717, 1.165) is 18.8 Å². The van der Waals surface area contributed by atoms with Gasteiger partial charge in [-0.1, -0.05) is 18.2 Å². The van der Waals surface area contributed by atoms with E-state index >= 15 is 0 Å². The molecule has 1 atom stereocenters. The SMILES string of the molecule is CC(C)(C)OC(=O)NC(C(=O)O)C1CCN(c2ccccc2)CC1. The summed E-state index contributed by atoms with van der Waals surface area (Å²) >= 11 is 0. The van der Waals surface area contributed by atoms with Gasteiger partial charge in [-0.2, -0.15) is 0 Å². The minimum absolute atomic E-state index is 0.102. The lowest BCUT2D eigenvalue weighted by Gasteiger charge is -2.36. The zero-order valence-corrected chi connectivity index (χ0v) is 14.5. The molecule has 24 heavy (non-hydrogen) atoms. The number of aliphatic carboxylic acids is 1. The van der Waals surface area contributed by atoms with Crippen LogP contribution in [-0.2, 0) is 9.53 Å². The third kappa shape index (κ3) is 5.15. The van der Waals surface area contributed by atoms with E-state index in [1.54, 1.807) is 20.8 Å². The maximum absolute atomic E-state index is 11.9. The lowest BCUT2D eigenvalue weighted by Crippen LogP contribution is -2.50. The van der Waals surface area contributed by atoms with Gasteiger partial charge in [-0.25, -0.2) is 9.59 Å². The van der Waals surface area contributed by atoms with Crippen LogP contribution in [0.25, 0.3) is 0 Å². The summed E-state index contributed by atoms with van der Waals surface area (Å²) < 4.78 is 5.18. The Kier molecular flexibility index (Phi) is 5.70. The van der Waals surface area contributed by atoms with Gasteiger partial charge in [0.2, 0.25) is 0 Å². The lowest BCUT2D eigenvalue weighted by atomic mass is 9.89. The van der Waals surface area contributed by atoms with Gasteiger partial charge in [-0.15, -0.1) is 0 Å². The van der Waals surface area contributed by atoms with Crippen LogP contribution in [0.5, 0.6) is 0 Å². The largest absolute Gasteiger partial charge is 0.480 e. The highest BCUT2D eigenvalue weighted by Crippen LogP contribution is 2.25. The second-order valence-electron chi connectivity index (χ2n) is 7.12. The Bertz CT molecular complexity index is 560. The molecule has 1 saturated heterocycles. The Hall–Kier alpha value is -2.24. The first-order valence-electron chi connectivity index (χ1n) is 8.28. The summed E-state index contributed by atoms with van der Waals surface area (Å²) in [5.41, 5.74) is 0.493. The van der Waals surface area contributed by atoms with Crippen molar-refractivity contribution >= 4 is 17.7 Å². The average molecular weight is 334 g/mol. The summed E-state index contributed by atoms with van der Waals surface area (Å²) in [6, 6.07) is 9.14.